The Kier molecular flexibility index (Phi) is 7.00. The normalized spacial score (nSPS) is 14.2. The highest BCUT2D eigenvalue weighted by Gasteiger charge is 2.35. The van der Waals surface area contributed by atoms with Gasteiger partial charge in [0.25, 0.3) is 17.7 Å². The van der Waals surface area contributed by atoms with E-state index in [9.17, 15) is 14.4 Å². The van der Waals surface area contributed by atoms with Crippen molar-refractivity contribution < 1.29 is 19.3 Å². The van der Waals surface area contributed by atoms with E-state index in [0.29, 0.717) is 29.8 Å². The van der Waals surface area contributed by atoms with Gasteiger partial charge in [0.05, 0.1) is 31.8 Å². The summed E-state index contributed by atoms with van der Waals surface area (Å²) in [5.41, 5.74) is 2.33. The van der Waals surface area contributed by atoms with Crippen LogP contribution in [0.3, 0.4) is 0 Å². The number of likely N-dealkylation sites (N-methyl/N-ethyl adjacent to an activating group) is 1. The number of nitrogens with one attached hydrogen (secondary N) is 2. The molecule has 6 nitrogen and oxygen atoms in total. The molecule has 0 aliphatic carbocycles. The lowest BCUT2D eigenvalue weighted by atomic mass is 10.0. The second-order valence-electron chi connectivity index (χ2n) is 8.05. The van der Waals surface area contributed by atoms with E-state index < -0.39 is 0 Å². The average Bonchev–Trinajstić information content (AvgIpc) is 2.99. The van der Waals surface area contributed by atoms with Gasteiger partial charge in [-0.2, -0.15) is 0 Å². The Bertz CT molecular complexity index is 925. The van der Waals surface area contributed by atoms with Crippen LogP contribution in [-0.4, -0.2) is 55.8 Å². The molecule has 0 aromatic heterocycles. The van der Waals surface area contributed by atoms with E-state index in [1.807, 2.05) is 25.1 Å². The number of quaternary nitrogens is 1. The highest BCUT2D eigenvalue weighted by Crippen LogP contribution is 2.24. The second kappa shape index (κ2) is 9.67. The molecule has 1 aliphatic heterocycles. The third-order valence-electron chi connectivity index (χ3n) is 5.62. The van der Waals surface area contributed by atoms with Gasteiger partial charge in [0, 0.05) is 18.5 Å². The minimum Gasteiger partial charge on any atom is -0.346 e. The fourth-order valence-corrected chi connectivity index (χ4v) is 3.65. The Balaban J connectivity index is 1.67. The van der Waals surface area contributed by atoms with Crippen LogP contribution in [0.5, 0.6) is 0 Å². The zero-order valence-electron chi connectivity index (χ0n) is 17.9. The highest BCUT2D eigenvalue weighted by atomic mass is 16.2. The average molecular weight is 409 g/mol. The molecule has 0 unspecified atom stereocenters. The van der Waals surface area contributed by atoms with Crippen LogP contribution in [0.2, 0.25) is 0 Å². The zero-order valence-corrected chi connectivity index (χ0v) is 17.9. The van der Waals surface area contributed by atoms with Crippen LogP contribution in [0.4, 0.5) is 0 Å². The number of rotatable bonds is 9. The van der Waals surface area contributed by atoms with Gasteiger partial charge in [-0.3, -0.25) is 19.3 Å². The van der Waals surface area contributed by atoms with Gasteiger partial charge in [0.2, 0.25) is 0 Å². The number of nitrogens with zero attached hydrogens (tertiary/aromatic N) is 1. The number of carbonyl (C=O) groups excluding carboxylic acids is 3. The highest BCUT2D eigenvalue weighted by molar-refractivity contribution is 6.22. The molecule has 1 aliphatic rings. The van der Waals surface area contributed by atoms with Crippen molar-refractivity contribution in [3.63, 3.8) is 0 Å². The monoisotopic (exact) mass is 408 g/mol. The maximum Gasteiger partial charge on any atom is 0.261 e. The van der Waals surface area contributed by atoms with Crippen LogP contribution in [0.1, 0.15) is 56.4 Å². The van der Waals surface area contributed by atoms with E-state index in [0.717, 1.165) is 19.3 Å². The Morgan fingerprint density at radius 1 is 1.03 bits per heavy atom. The van der Waals surface area contributed by atoms with Gasteiger partial charge in [-0.1, -0.05) is 43.7 Å². The molecule has 3 rings (SSSR count). The first-order valence-corrected chi connectivity index (χ1v) is 10.5. The van der Waals surface area contributed by atoms with E-state index >= 15 is 0 Å². The van der Waals surface area contributed by atoms with Crippen LogP contribution in [0, 0.1) is 0 Å². The maximum atomic E-state index is 12.7. The van der Waals surface area contributed by atoms with Gasteiger partial charge in [-0.25, -0.2) is 0 Å². The van der Waals surface area contributed by atoms with Crippen molar-refractivity contribution in [2.24, 2.45) is 0 Å². The fourth-order valence-electron chi connectivity index (χ4n) is 3.65. The molecule has 0 radical (unpaired) electrons. The summed E-state index contributed by atoms with van der Waals surface area (Å²) in [5.74, 6) is -0.809. The molecule has 2 aromatic carbocycles. The first kappa shape index (κ1) is 21.7. The Morgan fingerprint density at radius 3 is 2.40 bits per heavy atom. The number of benzene rings is 2. The van der Waals surface area contributed by atoms with Crippen molar-refractivity contribution in [3.8, 4) is 0 Å². The number of imide groups is 1. The second-order valence-corrected chi connectivity index (χ2v) is 8.05. The molecule has 2 N–H and O–H groups in total. The third-order valence-corrected chi connectivity index (χ3v) is 5.62. The molecule has 6 heteroatoms. The van der Waals surface area contributed by atoms with Crippen LogP contribution < -0.4 is 10.2 Å². The molecule has 1 atom stereocenters. The maximum absolute atomic E-state index is 12.7. The Labute approximate surface area is 177 Å². The fraction of sp³-hybridized carbons (Fsp3) is 0.375. The molecule has 30 heavy (non-hydrogen) atoms. The van der Waals surface area contributed by atoms with Crippen molar-refractivity contribution in [3.05, 3.63) is 70.8 Å². The summed E-state index contributed by atoms with van der Waals surface area (Å²) in [7, 11) is 4.15. The molecule has 3 amide bonds. The molecule has 0 bridgehead atoms. The summed E-state index contributed by atoms with van der Waals surface area (Å²) in [6, 6.07) is 15.2. The largest absolute Gasteiger partial charge is 0.346 e. The van der Waals surface area contributed by atoms with Gasteiger partial charge in [0.15, 0.2) is 0 Å². The minimum absolute atomic E-state index is 0.221. The van der Waals surface area contributed by atoms with E-state index in [4.69, 9.17) is 0 Å². The molecule has 2 aromatic rings. The summed E-state index contributed by atoms with van der Waals surface area (Å²) >= 11 is 0. The number of unbranched alkanes of at least 4 members (excludes halogenated alkanes) is 1. The van der Waals surface area contributed by atoms with Crippen LogP contribution in [0.25, 0.3) is 0 Å². The van der Waals surface area contributed by atoms with Crippen molar-refractivity contribution in [2.45, 2.75) is 32.2 Å². The summed E-state index contributed by atoms with van der Waals surface area (Å²) < 4.78 is 0. The lowest BCUT2D eigenvalue weighted by molar-refractivity contribution is -0.884. The summed E-state index contributed by atoms with van der Waals surface area (Å²) in [6.07, 6.45) is 2.53. The Hall–Kier alpha value is -2.99. The Morgan fingerprint density at radius 2 is 1.73 bits per heavy atom. The number of amides is 3. The first-order chi connectivity index (χ1) is 14.4. The number of fused-ring (bicyclic) bond motifs is 1. The lowest BCUT2D eigenvalue weighted by Gasteiger charge is -2.22. The van der Waals surface area contributed by atoms with Crippen molar-refractivity contribution in [1.82, 2.24) is 10.2 Å². The molecule has 0 spiro atoms. The summed E-state index contributed by atoms with van der Waals surface area (Å²) in [5, 5.41) is 2.99. The molecule has 158 valence electrons. The van der Waals surface area contributed by atoms with Gasteiger partial charge in [-0.05, 0) is 30.2 Å². The minimum atomic E-state index is -0.308. The smallest absolute Gasteiger partial charge is 0.261 e. The van der Waals surface area contributed by atoms with Gasteiger partial charge >= 0.3 is 0 Å². The topological polar surface area (TPSA) is 70.9 Å². The number of carbonyl (C=O) groups is 3. The molecule has 0 fully saturated rings. The van der Waals surface area contributed by atoms with Crippen LogP contribution in [-0.2, 0) is 6.42 Å². The molecule has 1 heterocycles. The summed E-state index contributed by atoms with van der Waals surface area (Å²) in [6.45, 7) is 2.95. The third kappa shape index (κ3) is 4.76. The predicted octanol–water partition coefficient (Wildman–Crippen LogP) is 1.57. The van der Waals surface area contributed by atoms with Gasteiger partial charge in [0.1, 0.15) is 6.04 Å². The lowest BCUT2D eigenvalue weighted by Crippen LogP contribution is -3.11. The number of hydrogen-bond acceptors (Lipinski definition) is 3. The van der Waals surface area contributed by atoms with E-state index in [1.54, 1.807) is 18.2 Å². The molecular weight excluding hydrogens is 378 g/mol. The van der Waals surface area contributed by atoms with Gasteiger partial charge in [-0.15, -0.1) is 0 Å². The standard InChI is InChI=1S/C24H29N3O3/c1-4-5-13-27-23(29)20-12-11-18(15-21(20)24(27)30)22(28)25-16-19(26(2)3)14-17-9-7-6-8-10-17/h6-12,15,19H,4-5,13-14,16H2,1-3H3,(H,25,28)/p+1/t19-/m0/s1. The molecule has 0 saturated heterocycles. The van der Waals surface area contributed by atoms with Crippen LogP contribution in [0.15, 0.2) is 48.5 Å². The predicted molar refractivity (Wildman–Crippen MR) is 116 cm³/mol. The first-order valence-electron chi connectivity index (χ1n) is 10.5. The van der Waals surface area contributed by atoms with Crippen LogP contribution >= 0.6 is 0 Å². The van der Waals surface area contributed by atoms with Crippen molar-refractivity contribution >= 4 is 17.7 Å². The SMILES string of the molecule is CCCCN1C(=O)c2ccc(C(=O)NC[C@H](Cc3ccccc3)[NH+](C)C)cc2C1=O. The van der Waals surface area contributed by atoms with Gasteiger partial charge < -0.3 is 10.2 Å². The zero-order chi connectivity index (χ0) is 21.7. The van der Waals surface area contributed by atoms with Crippen molar-refractivity contribution in [1.29, 1.82) is 0 Å². The number of hydrogen-bond donors (Lipinski definition) is 2. The summed E-state index contributed by atoms with van der Waals surface area (Å²) in [4.78, 5) is 40.3. The van der Waals surface area contributed by atoms with E-state index in [2.05, 4.69) is 31.5 Å². The quantitative estimate of drug-likeness (QED) is 0.619. The van der Waals surface area contributed by atoms with Crippen molar-refractivity contribution in [2.75, 3.05) is 27.2 Å². The van der Waals surface area contributed by atoms with E-state index in [1.165, 1.54) is 15.4 Å². The molecular formula is C24H30N3O3+. The molecule has 0 saturated carbocycles. The van der Waals surface area contributed by atoms with E-state index in [-0.39, 0.29) is 23.8 Å².